The first-order chi connectivity index (χ1) is 27.1. The fourth-order valence-electron chi connectivity index (χ4n) is 7.35. The summed E-state index contributed by atoms with van der Waals surface area (Å²) in [5.74, 6) is 1.17. The van der Waals surface area contributed by atoms with Crippen molar-refractivity contribution in [1.82, 2.24) is 15.5 Å². The number of rotatable bonds is 16. The number of anilines is 1. The third-order valence-electron chi connectivity index (χ3n) is 10.4. The predicted octanol–water partition coefficient (Wildman–Crippen LogP) is 7.12. The molecule has 10 heteroatoms. The molecule has 0 aromatic heterocycles. The van der Waals surface area contributed by atoms with E-state index in [9.17, 15) is 14.3 Å². The normalized spacial score (nSPS) is 14.2. The van der Waals surface area contributed by atoms with Gasteiger partial charge >= 0.3 is 14.3 Å². The Morgan fingerprint density at radius 1 is 0.821 bits per heavy atom. The summed E-state index contributed by atoms with van der Waals surface area (Å²) >= 11 is 0. The van der Waals surface area contributed by atoms with Crippen LogP contribution in [0.5, 0.6) is 11.5 Å². The number of benzene rings is 5. The first kappa shape index (κ1) is 40.5. The van der Waals surface area contributed by atoms with Crippen LogP contribution < -0.4 is 35.5 Å². The van der Waals surface area contributed by atoms with Crippen LogP contribution in [0.4, 0.5) is 14.9 Å². The van der Waals surface area contributed by atoms with Crippen LogP contribution in [0.15, 0.2) is 133 Å². The molecule has 1 fully saturated rings. The van der Waals surface area contributed by atoms with Gasteiger partial charge < -0.3 is 35.1 Å². The Kier molecular flexibility index (Phi) is 13.8. The molecule has 2 amide bonds. The summed E-state index contributed by atoms with van der Waals surface area (Å²) in [4.78, 5) is 14.4. The molecular formula is C46H55FN4O4Si. The summed E-state index contributed by atoms with van der Waals surface area (Å²) in [5.41, 5.74) is 3.01. The van der Waals surface area contributed by atoms with Crippen LogP contribution in [0.1, 0.15) is 44.7 Å². The van der Waals surface area contributed by atoms with Crippen molar-refractivity contribution in [2.75, 3.05) is 38.1 Å². The lowest BCUT2D eigenvalue weighted by molar-refractivity contribution is 0.106. The first-order valence-electron chi connectivity index (χ1n) is 19.6. The second-order valence-electron chi connectivity index (χ2n) is 15.5. The fraction of sp³-hybridized carbons (Fsp3) is 0.326. The standard InChI is InChI=1S/C46H55FN4O4Si/c1-46(2,3)56(43-13-6-4-7-14-43,44-15-8-5-9-16-44)55-42-23-21-41(22-24-42)54-34-40(52)33-48-28-25-35-17-19-38(20-18-35)50-39-26-29-51(30-27-39)45(53)49-32-36-11-10-12-37(47)31-36/h4-24,31,39-40,48,50,52H,25-30,32-34H2,1-3H3,(H,49,53). The van der Waals surface area contributed by atoms with Gasteiger partial charge in [-0.3, -0.25) is 0 Å². The second kappa shape index (κ2) is 19.1. The molecule has 1 unspecified atom stereocenters. The van der Waals surface area contributed by atoms with Gasteiger partial charge in [0.15, 0.2) is 0 Å². The molecule has 1 saturated heterocycles. The van der Waals surface area contributed by atoms with E-state index in [0.29, 0.717) is 38.0 Å². The Morgan fingerprint density at radius 3 is 2.05 bits per heavy atom. The zero-order valence-corrected chi connectivity index (χ0v) is 33.7. The number of carbonyl (C=O) groups is 1. The minimum Gasteiger partial charge on any atom is -0.534 e. The molecule has 1 atom stereocenters. The van der Waals surface area contributed by atoms with Crippen LogP contribution in [0, 0.1) is 5.82 Å². The average Bonchev–Trinajstić information content (AvgIpc) is 3.21. The molecule has 0 bridgehead atoms. The molecule has 56 heavy (non-hydrogen) atoms. The lowest BCUT2D eigenvalue weighted by Crippen LogP contribution is -2.68. The van der Waals surface area contributed by atoms with Crippen LogP contribution in [0.25, 0.3) is 0 Å². The molecule has 1 heterocycles. The Morgan fingerprint density at radius 2 is 1.45 bits per heavy atom. The monoisotopic (exact) mass is 774 g/mol. The number of likely N-dealkylation sites (tertiary alicyclic amines) is 1. The van der Waals surface area contributed by atoms with Crippen molar-refractivity contribution in [1.29, 1.82) is 0 Å². The van der Waals surface area contributed by atoms with E-state index in [1.54, 1.807) is 12.1 Å². The van der Waals surface area contributed by atoms with Gasteiger partial charge in [0.2, 0.25) is 0 Å². The van der Waals surface area contributed by atoms with Gasteiger partial charge in [0.25, 0.3) is 0 Å². The Labute approximate surface area is 332 Å². The minimum absolute atomic E-state index is 0.116. The highest BCUT2D eigenvalue weighted by Crippen LogP contribution is 2.38. The molecule has 5 aromatic carbocycles. The van der Waals surface area contributed by atoms with E-state index in [1.807, 2.05) is 41.3 Å². The lowest BCUT2D eigenvalue weighted by Gasteiger charge is -2.43. The number of urea groups is 1. The fourth-order valence-corrected chi connectivity index (χ4v) is 11.8. The van der Waals surface area contributed by atoms with Gasteiger partial charge in [-0.1, -0.05) is 106 Å². The highest BCUT2D eigenvalue weighted by Gasteiger charge is 2.52. The number of ether oxygens (including phenoxy) is 1. The number of carbonyl (C=O) groups excluding carboxylic acids is 1. The molecule has 5 aromatic rings. The van der Waals surface area contributed by atoms with Crippen LogP contribution in [0.2, 0.25) is 5.04 Å². The molecule has 0 aliphatic carbocycles. The number of aliphatic hydroxyl groups excluding tert-OH is 1. The van der Waals surface area contributed by atoms with Crippen molar-refractivity contribution in [3.63, 3.8) is 0 Å². The van der Waals surface area contributed by atoms with Crippen molar-refractivity contribution in [2.45, 2.75) is 63.8 Å². The van der Waals surface area contributed by atoms with Crippen molar-refractivity contribution in [3.8, 4) is 11.5 Å². The number of nitrogens with zero attached hydrogens (tertiary/aromatic N) is 1. The number of amides is 2. The Balaban J connectivity index is 0.893. The predicted molar refractivity (Wildman–Crippen MR) is 226 cm³/mol. The molecule has 0 saturated carbocycles. The quantitative estimate of drug-likeness (QED) is 0.0631. The molecule has 4 N–H and O–H groups in total. The van der Waals surface area contributed by atoms with Crippen LogP contribution >= 0.6 is 0 Å². The van der Waals surface area contributed by atoms with Crippen molar-refractivity contribution >= 4 is 30.4 Å². The van der Waals surface area contributed by atoms with Gasteiger partial charge in [-0.05, 0) is 101 Å². The number of hydrogen-bond donors (Lipinski definition) is 4. The number of aliphatic hydroxyl groups is 1. The van der Waals surface area contributed by atoms with Gasteiger partial charge in [-0.25, -0.2) is 9.18 Å². The maximum Gasteiger partial charge on any atom is 0.319 e. The lowest BCUT2D eigenvalue weighted by atomic mass is 10.0. The Hall–Kier alpha value is -5.16. The van der Waals surface area contributed by atoms with E-state index >= 15 is 0 Å². The number of hydrogen-bond acceptors (Lipinski definition) is 6. The molecule has 8 nitrogen and oxygen atoms in total. The van der Waals surface area contributed by atoms with Gasteiger partial charge in [0.05, 0.1) is 0 Å². The third-order valence-corrected chi connectivity index (χ3v) is 15.3. The first-order valence-corrected chi connectivity index (χ1v) is 21.5. The van der Waals surface area contributed by atoms with E-state index < -0.39 is 14.4 Å². The third kappa shape index (κ3) is 10.8. The highest BCUT2D eigenvalue weighted by molar-refractivity contribution is 7.00. The van der Waals surface area contributed by atoms with Gasteiger partial charge in [0.1, 0.15) is 30.0 Å². The number of halogens is 1. The maximum absolute atomic E-state index is 13.4. The Bertz CT molecular complexity index is 1910. The minimum atomic E-state index is -2.73. The zero-order valence-electron chi connectivity index (χ0n) is 32.7. The zero-order chi connectivity index (χ0) is 39.4. The SMILES string of the molecule is CC(C)(C)[Si](Oc1ccc(OCC(O)CNCCc2ccc(NC3CCN(C(=O)NCc4cccc(F)c4)CC3)cc2)cc1)(c1ccccc1)c1ccccc1. The van der Waals surface area contributed by atoms with E-state index in [0.717, 1.165) is 42.8 Å². The van der Waals surface area contributed by atoms with Crippen molar-refractivity contribution in [2.24, 2.45) is 0 Å². The van der Waals surface area contributed by atoms with E-state index in [-0.39, 0.29) is 23.5 Å². The molecule has 6 rings (SSSR count). The molecule has 0 radical (unpaired) electrons. The second-order valence-corrected chi connectivity index (χ2v) is 19.8. The highest BCUT2D eigenvalue weighted by atomic mass is 28.4. The van der Waals surface area contributed by atoms with Gasteiger partial charge in [0, 0.05) is 37.9 Å². The number of nitrogens with one attached hydrogen (secondary N) is 3. The van der Waals surface area contributed by atoms with Gasteiger partial charge in [-0.2, -0.15) is 0 Å². The van der Waals surface area contributed by atoms with Crippen molar-refractivity contribution in [3.05, 3.63) is 150 Å². The van der Waals surface area contributed by atoms with Crippen LogP contribution in [-0.4, -0.2) is 69.3 Å². The molecule has 1 aliphatic rings. The summed E-state index contributed by atoms with van der Waals surface area (Å²) in [6.45, 7) is 9.77. The summed E-state index contributed by atoms with van der Waals surface area (Å²) in [7, 11) is -2.73. The molecular weight excluding hydrogens is 720 g/mol. The van der Waals surface area contributed by atoms with E-state index in [1.165, 1.54) is 28.1 Å². The summed E-state index contributed by atoms with van der Waals surface area (Å²) in [6, 6.07) is 43.8. The van der Waals surface area contributed by atoms with E-state index in [4.69, 9.17) is 9.16 Å². The molecule has 0 spiro atoms. The molecule has 294 valence electrons. The smallest absolute Gasteiger partial charge is 0.319 e. The maximum atomic E-state index is 13.4. The number of piperidine rings is 1. The van der Waals surface area contributed by atoms with Gasteiger partial charge in [-0.15, -0.1) is 0 Å². The summed E-state index contributed by atoms with van der Waals surface area (Å²) in [5, 5.41) is 22.8. The molecule has 1 aliphatic heterocycles. The average molecular weight is 775 g/mol. The largest absolute Gasteiger partial charge is 0.534 e. The van der Waals surface area contributed by atoms with Crippen LogP contribution in [-0.2, 0) is 13.0 Å². The van der Waals surface area contributed by atoms with E-state index in [2.05, 4.69) is 110 Å². The summed E-state index contributed by atoms with van der Waals surface area (Å²) in [6.07, 6.45) is 1.89. The topological polar surface area (TPSA) is 95.1 Å². The summed E-state index contributed by atoms with van der Waals surface area (Å²) < 4.78 is 26.5. The van der Waals surface area contributed by atoms with Crippen LogP contribution in [0.3, 0.4) is 0 Å². The van der Waals surface area contributed by atoms with Crippen molar-refractivity contribution < 1.29 is 23.5 Å².